The third-order valence-corrected chi connectivity index (χ3v) is 12.3. The molecule has 7 rings (SSSR count). The van der Waals surface area contributed by atoms with Gasteiger partial charge >= 0.3 is 0 Å². The summed E-state index contributed by atoms with van der Waals surface area (Å²) in [6.07, 6.45) is 5.59. The Bertz CT molecular complexity index is 1880. The second-order valence-corrected chi connectivity index (χ2v) is 15.9. The van der Waals surface area contributed by atoms with Crippen LogP contribution in [0.5, 0.6) is 23.0 Å². The molecule has 3 aliphatic heterocycles. The summed E-state index contributed by atoms with van der Waals surface area (Å²) in [7, 11) is 0. The number of nitrogens with zero attached hydrogens (tertiary/aromatic N) is 4. The molecule has 0 amide bonds. The molecule has 11 heteroatoms. The Hall–Kier alpha value is -4.58. The number of benzene rings is 4. The number of rotatable bonds is 16. The van der Waals surface area contributed by atoms with Gasteiger partial charge in [0.25, 0.3) is 0 Å². The lowest BCUT2D eigenvalue weighted by molar-refractivity contribution is 0.159. The van der Waals surface area contributed by atoms with Gasteiger partial charge in [0.1, 0.15) is 23.0 Å². The summed E-state index contributed by atoms with van der Waals surface area (Å²) in [5.74, 6) is 1.70. The molecule has 0 spiro atoms. The van der Waals surface area contributed by atoms with Crippen LogP contribution in [0, 0.1) is 0 Å². The second-order valence-electron chi connectivity index (χ2n) is 15.2. The molecule has 0 saturated carbocycles. The van der Waals surface area contributed by atoms with Crippen molar-refractivity contribution in [2.24, 2.45) is 0 Å². The van der Waals surface area contributed by atoms with E-state index in [4.69, 9.17) is 29.2 Å². The maximum Gasteiger partial charge on any atom is 0.172 e. The molecule has 4 aromatic carbocycles. The number of likely N-dealkylation sites (tertiary alicyclic amines) is 1. The Balaban J connectivity index is 1.11. The first kappa shape index (κ1) is 38.7. The van der Waals surface area contributed by atoms with E-state index >= 15 is 0 Å². The summed E-state index contributed by atoms with van der Waals surface area (Å²) in [6.45, 7) is 7.80. The molecule has 0 unspecified atom stereocenters. The van der Waals surface area contributed by atoms with Crippen molar-refractivity contribution in [1.82, 2.24) is 24.9 Å². The van der Waals surface area contributed by atoms with Crippen LogP contribution in [-0.4, -0.2) is 115 Å². The normalized spacial score (nSPS) is 20.7. The molecule has 290 valence electrons. The van der Waals surface area contributed by atoms with E-state index in [0.717, 1.165) is 93.8 Å². The van der Waals surface area contributed by atoms with Crippen LogP contribution < -0.4 is 10.1 Å². The third kappa shape index (κ3) is 9.81. The predicted molar refractivity (Wildman–Crippen MR) is 226 cm³/mol. The van der Waals surface area contributed by atoms with Crippen molar-refractivity contribution in [1.29, 1.82) is 0 Å². The number of thiocarbonyl (C=S) groups is 2. The Kier molecular flexibility index (Phi) is 12.6. The van der Waals surface area contributed by atoms with E-state index in [1.807, 2.05) is 55.5 Å². The first-order valence-corrected chi connectivity index (χ1v) is 20.4. The van der Waals surface area contributed by atoms with Gasteiger partial charge in [0, 0.05) is 44.8 Å². The number of hydrogen-bond donors (Lipinski definition) is 4. The van der Waals surface area contributed by atoms with E-state index in [1.165, 1.54) is 22.3 Å². The molecule has 55 heavy (non-hydrogen) atoms. The molecule has 9 nitrogen and oxygen atoms in total. The van der Waals surface area contributed by atoms with Crippen molar-refractivity contribution in [3.63, 3.8) is 0 Å². The lowest BCUT2D eigenvalue weighted by Gasteiger charge is -2.37. The summed E-state index contributed by atoms with van der Waals surface area (Å²) in [4.78, 5) is 9.93. The SMILES string of the molecule is CCOc1ccc(CCN2C(=S)N([C@@H](Cc3ccc(O)cc3)CN3CCC[C@@H]3CN3C(=S)NC[C@@H]3Cc3ccc(O)cc3)C[C@@H]2Cc2ccc(O)cc2)cc1. The molecule has 3 saturated heterocycles. The van der Waals surface area contributed by atoms with Crippen molar-refractivity contribution >= 4 is 34.7 Å². The van der Waals surface area contributed by atoms with Gasteiger partial charge in [0.15, 0.2) is 10.2 Å². The van der Waals surface area contributed by atoms with Gasteiger partial charge in [-0.2, -0.15) is 0 Å². The maximum atomic E-state index is 10.1. The molecule has 4 aromatic rings. The lowest BCUT2D eigenvalue weighted by Crippen LogP contribution is -2.51. The van der Waals surface area contributed by atoms with Gasteiger partial charge < -0.3 is 40.1 Å². The molecule has 4 N–H and O–H groups in total. The Morgan fingerprint density at radius 3 is 1.93 bits per heavy atom. The topological polar surface area (TPSA) is 94.9 Å². The van der Waals surface area contributed by atoms with E-state index < -0.39 is 0 Å². The summed E-state index contributed by atoms with van der Waals surface area (Å²) in [6, 6.07) is 32.0. The quantitative estimate of drug-likeness (QED) is 0.0990. The van der Waals surface area contributed by atoms with Crippen LogP contribution >= 0.6 is 24.4 Å². The van der Waals surface area contributed by atoms with Crippen LogP contribution in [0.1, 0.15) is 42.0 Å². The second kappa shape index (κ2) is 17.9. The number of aromatic hydroxyl groups is 3. The molecule has 4 atom stereocenters. The zero-order chi connectivity index (χ0) is 38.3. The van der Waals surface area contributed by atoms with Gasteiger partial charge in [-0.05, 0) is 147 Å². The van der Waals surface area contributed by atoms with Gasteiger partial charge in [-0.3, -0.25) is 4.90 Å². The van der Waals surface area contributed by atoms with Gasteiger partial charge in [0.2, 0.25) is 0 Å². The molecule has 0 bridgehead atoms. The van der Waals surface area contributed by atoms with Crippen LogP contribution in [-0.2, 0) is 25.7 Å². The standard InChI is InChI=1S/C44H53N5O4S2/c1-2-53-42-19-11-31(12-20-42)21-23-47-38(26-34-9-17-41(52)18-10-34)30-49(44(47)55)37(25-33-7-15-40(51)16-8-33)28-46-22-3-4-35(46)29-48-36(27-45-43(48)54)24-32-5-13-39(50)14-6-32/h5-20,35-38,50-52H,2-4,21-30H2,1H3,(H,45,54)/t35-,36+,37+,38+/m1/s1. The molecule has 0 radical (unpaired) electrons. The molecule has 3 heterocycles. The highest BCUT2D eigenvalue weighted by Gasteiger charge is 2.40. The highest BCUT2D eigenvalue weighted by molar-refractivity contribution is 7.80. The molecule has 0 aromatic heterocycles. The van der Waals surface area contributed by atoms with Crippen LogP contribution in [0.2, 0.25) is 0 Å². The number of ether oxygens (including phenoxy) is 1. The smallest absolute Gasteiger partial charge is 0.172 e. The minimum absolute atomic E-state index is 0.117. The van der Waals surface area contributed by atoms with Crippen molar-refractivity contribution in [2.75, 3.05) is 45.9 Å². The van der Waals surface area contributed by atoms with E-state index in [9.17, 15) is 15.3 Å². The molecular weight excluding hydrogens is 727 g/mol. The number of nitrogens with one attached hydrogen (secondary N) is 1. The van der Waals surface area contributed by atoms with Gasteiger partial charge in [0.05, 0.1) is 18.7 Å². The number of hydrogen-bond acceptors (Lipinski definition) is 7. The third-order valence-electron chi connectivity index (χ3n) is 11.4. The van der Waals surface area contributed by atoms with Crippen molar-refractivity contribution < 1.29 is 20.1 Å². The van der Waals surface area contributed by atoms with E-state index in [1.54, 1.807) is 36.4 Å². The molecular formula is C44H53N5O4S2. The van der Waals surface area contributed by atoms with Crippen LogP contribution in [0.25, 0.3) is 0 Å². The van der Waals surface area contributed by atoms with E-state index in [2.05, 4.69) is 37.0 Å². The summed E-state index contributed by atoms with van der Waals surface area (Å²) in [5, 5.41) is 35.1. The first-order valence-electron chi connectivity index (χ1n) is 19.6. The van der Waals surface area contributed by atoms with Crippen LogP contribution in [0.15, 0.2) is 97.1 Å². The van der Waals surface area contributed by atoms with Gasteiger partial charge in [-0.1, -0.05) is 48.5 Å². The lowest BCUT2D eigenvalue weighted by atomic mass is 10.0. The largest absolute Gasteiger partial charge is 0.508 e. The molecule has 3 aliphatic rings. The minimum atomic E-state index is 0.117. The van der Waals surface area contributed by atoms with Crippen LogP contribution in [0.4, 0.5) is 0 Å². The van der Waals surface area contributed by atoms with Crippen molar-refractivity contribution in [3.8, 4) is 23.0 Å². The Morgan fingerprint density at radius 1 is 0.727 bits per heavy atom. The van der Waals surface area contributed by atoms with Gasteiger partial charge in [-0.15, -0.1) is 0 Å². The summed E-state index contributed by atoms with van der Waals surface area (Å²) >= 11 is 12.3. The summed E-state index contributed by atoms with van der Waals surface area (Å²) < 4.78 is 5.69. The average Bonchev–Trinajstić information content (AvgIpc) is 3.87. The maximum absolute atomic E-state index is 10.1. The van der Waals surface area contributed by atoms with Crippen LogP contribution in [0.3, 0.4) is 0 Å². The average molecular weight is 780 g/mol. The molecule has 3 fully saturated rings. The fraction of sp³-hybridized carbons (Fsp3) is 0.409. The van der Waals surface area contributed by atoms with E-state index in [0.29, 0.717) is 12.6 Å². The van der Waals surface area contributed by atoms with Gasteiger partial charge in [-0.25, -0.2) is 0 Å². The fourth-order valence-corrected chi connectivity index (χ4v) is 9.25. The minimum Gasteiger partial charge on any atom is -0.508 e. The van der Waals surface area contributed by atoms with Crippen molar-refractivity contribution in [3.05, 3.63) is 119 Å². The highest BCUT2D eigenvalue weighted by atomic mass is 32.1. The Labute approximate surface area is 336 Å². The zero-order valence-corrected chi connectivity index (χ0v) is 33.2. The fourth-order valence-electron chi connectivity index (χ4n) is 8.47. The first-order chi connectivity index (χ1) is 26.7. The van der Waals surface area contributed by atoms with Crippen molar-refractivity contribution in [2.45, 2.75) is 69.6 Å². The zero-order valence-electron chi connectivity index (χ0n) is 31.6. The number of phenolic OH excluding ortho intramolecular Hbond substituents is 3. The Morgan fingerprint density at radius 2 is 1.31 bits per heavy atom. The monoisotopic (exact) mass is 779 g/mol. The predicted octanol–water partition coefficient (Wildman–Crippen LogP) is 6.14. The highest BCUT2D eigenvalue weighted by Crippen LogP contribution is 2.29. The summed E-state index contributed by atoms with van der Waals surface area (Å²) in [5.41, 5.74) is 4.77. The van der Waals surface area contributed by atoms with E-state index in [-0.39, 0.29) is 35.4 Å². The molecule has 0 aliphatic carbocycles. The number of phenols is 3.